The van der Waals surface area contributed by atoms with Gasteiger partial charge >= 0.3 is 11.9 Å². The van der Waals surface area contributed by atoms with Crippen molar-refractivity contribution in [2.45, 2.75) is 0 Å². The Morgan fingerprint density at radius 2 is 2.44 bits per heavy atom. The molecule has 0 aromatic carbocycles. The van der Waals surface area contributed by atoms with E-state index in [4.69, 9.17) is 5.26 Å². The van der Waals surface area contributed by atoms with E-state index in [-0.39, 0.29) is 11.9 Å². The van der Waals surface area contributed by atoms with Gasteiger partial charge in [0.25, 0.3) is 0 Å². The molecule has 46 valence electrons. The maximum absolute atomic E-state index is 8.17. The first kappa shape index (κ1) is 5.56. The molecular weight excluding hydrogens is 120 g/mol. The summed E-state index contributed by atoms with van der Waals surface area (Å²) in [4.78, 5) is 0. The fraction of sp³-hybridized carbons (Fsp3) is 0.250. The highest BCUT2D eigenvalue weighted by atomic mass is 16.4. The normalized spacial score (nSPS) is 8.44. The quantitative estimate of drug-likeness (QED) is 0.569. The third kappa shape index (κ3) is 0.966. The fourth-order valence-corrected chi connectivity index (χ4v) is 0.369. The molecule has 1 N–H and O–H groups in total. The monoisotopic (exact) mass is 124 g/mol. The lowest BCUT2D eigenvalue weighted by atomic mass is 10.8. The zero-order valence-electron chi connectivity index (χ0n) is 4.75. The SMILES string of the molecule is CNc1nnc(C#N)o1. The first-order valence-corrected chi connectivity index (χ1v) is 2.28. The number of nitrogens with zero attached hydrogens (tertiary/aromatic N) is 3. The van der Waals surface area contributed by atoms with E-state index in [9.17, 15) is 0 Å². The Morgan fingerprint density at radius 1 is 1.67 bits per heavy atom. The minimum atomic E-state index is -0.0284. The van der Waals surface area contributed by atoms with Crippen LogP contribution < -0.4 is 5.32 Å². The molecule has 0 spiro atoms. The number of nitrogens with one attached hydrogen (secondary N) is 1. The van der Waals surface area contributed by atoms with Crippen LogP contribution >= 0.6 is 0 Å². The molecule has 1 aromatic heterocycles. The minimum Gasteiger partial charge on any atom is -0.395 e. The molecule has 0 unspecified atom stereocenters. The van der Waals surface area contributed by atoms with E-state index in [1.807, 2.05) is 0 Å². The number of hydrogen-bond acceptors (Lipinski definition) is 5. The maximum Gasteiger partial charge on any atom is 0.322 e. The smallest absolute Gasteiger partial charge is 0.322 e. The van der Waals surface area contributed by atoms with E-state index in [1.54, 1.807) is 13.1 Å². The van der Waals surface area contributed by atoms with Gasteiger partial charge in [-0.1, -0.05) is 10.2 Å². The molecule has 0 bridgehead atoms. The molecule has 0 saturated carbocycles. The number of nitriles is 1. The van der Waals surface area contributed by atoms with E-state index in [0.717, 1.165) is 0 Å². The molecule has 0 aliphatic rings. The summed E-state index contributed by atoms with van der Waals surface area (Å²) in [6, 6.07) is 1.96. The van der Waals surface area contributed by atoms with E-state index in [2.05, 4.69) is 19.9 Å². The topological polar surface area (TPSA) is 74.7 Å². The number of anilines is 1. The summed E-state index contributed by atoms with van der Waals surface area (Å²) >= 11 is 0. The molecule has 5 nitrogen and oxygen atoms in total. The summed E-state index contributed by atoms with van der Waals surface area (Å²) in [5.41, 5.74) is 0. The van der Waals surface area contributed by atoms with Crippen LogP contribution in [0.2, 0.25) is 0 Å². The van der Waals surface area contributed by atoms with Gasteiger partial charge in [0.05, 0.1) is 0 Å². The highest BCUT2D eigenvalue weighted by Gasteiger charge is 1.99. The number of aromatic nitrogens is 2. The summed E-state index contributed by atoms with van der Waals surface area (Å²) < 4.78 is 4.69. The van der Waals surface area contributed by atoms with Crippen molar-refractivity contribution in [1.82, 2.24) is 10.2 Å². The Balaban J connectivity index is 2.90. The van der Waals surface area contributed by atoms with Crippen LogP contribution in [0, 0.1) is 11.3 Å². The van der Waals surface area contributed by atoms with Crippen LogP contribution in [0.3, 0.4) is 0 Å². The molecule has 1 rings (SSSR count). The summed E-state index contributed by atoms with van der Waals surface area (Å²) in [6.45, 7) is 0. The Morgan fingerprint density at radius 3 is 2.78 bits per heavy atom. The van der Waals surface area contributed by atoms with Crippen LogP contribution in [0.25, 0.3) is 0 Å². The van der Waals surface area contributed by atoms with Crippen molar-refractivity contribution in [3.63, 3.8) is 0 Å². The second-order valence-electron chi connectivity index (χ2n) is 1.27. The Bertz CT molecular complexity index is 235. The van der Waals surface area contributed by atoms with E-state index in [1.165, 1.54) is 0 Å². The third-order valence-corrected chi connectivity index (χ3v) is 0.735. The second-order valence-corrected chi connectivity index (χ2v) is 1.27. The number of rotatable bonds is 1. The molecule has 0 atom stereocenters. The summed E-state index contributed by atoms with van der Waals surface area (Å²) in [5.74, 6) is -0.0284. The molecule has 9 heavy (non-hydrogen) atoms. The molecule has 0 saturated heterocycles. The standard InChI is InChI=1S/C4H4N4O/c1-6-4-8-7-3(2-5)9-4/h1H3,(H,6,8). The van der Waals surface area contributed by atoms with Crippen molar-refractivity contribution in [3.05, 3.63) is 5.89 Å². The highest BCUT2D eigenvalue weighted by Crippen LogP contribution is 2.00. The molecule has 1 heterocycles. The van der Waals surface area contributed by atoms with Crippen molar-refractivity contribution in [2.75, 3.05) is 12.4 Å². The molecule has 0 fully saturated rings. The molecule has 0 radical (unpaired) electrons. The van der Waals surface area contributed by atoms with Gasteiger partial charge in [0, 0.05) is 7.05 Å². The minimum absolute atomic E-state index is 0.0284. The van der Waals surface area contributed by atoms with Gasteiger partial charge in [-0.05, 0) is 0 Å². The zero-order valence-corrected chi connectivity index (χ0v) is 4.75. The van der Waals surface area contributed by atoms with Crippen molar-refractivity contribution >= 4 is 6.01 Å². The Kier molecular flexibility index (Phi) is 1.32. The van der Waals surface area contributed by atoms with Crippen molar-refractivity contribution in [3.8, 4) is 6.07 Å². The summed E-state index contributed by atoms with van der Waals surface area (Å²) in [5, 5.41) is 17.6. The van der Waals surface area contributed by atoms with Gasteiger partial charge in [-0.15, -0.1) is 0 Å². The van der Waals surface area contributed by atoms with Crippen LogP contribution in [0.5, 0.6) is 0 Å². The van der Waals surface area contributed by atoms with Gasteiger partial charge in [-0.25, -0.2) is 0 Å². The molecule has 0 aliphatic carbocycles. The summed E-state index contributed by atoms with van der Waals surface area (Å²) in [6.07, 6.45) is 0. The van der Waals surface area contributed by atoms with Crippen molar-refractivity contribution < 1.29 is 4.42 Å². The predicted molar refractivity (Wildman–Crippen MR) is 28.6 cm³/mol. The summed E-state index contributed by atoms with van der Waals surface area (Å²) in [7, 11) is 1.63. The van der Waals surface area contributed by atoms with E-state index in [0.29, 0.717) is 0 Å². The average Bonchev–Trinajstić information content (AvgIpc) is 2.34. The molecule has 0 aliphatic heterocycles. The lowest BCUT2D eigenvalue weighted by molar-refractivity contribution is 0.554. The second kappa shape index (κ2) is 2.13. The van der Waals surface area contributed by atoms with Gasteiger partial charge in [-0.2, -0.15) is 5.26 Å². The molecule has 0 amide bonds. The van der Waals surface area contributed by atoms with Gasteiger partial charge in [0.15, 0.2) is 6.07 Å². The van der Waals surface area contributed by atoms with Crippen molar-refractivity contribution in [2.24, 2.45) is 0 Å². The van der Waals surface area contributed by atoms with Gasteiger partial charge in [0.2, 0.25) is 0 Å². The van der Waals surface area contributed by atoms with Crippen molar-refractivity contribution in [1.29, 1.82) is 5.26 Å². The number of hydrogen-bond donors (Lipinski definition) is 1. The Labute approximate surface area is 51.3 Å². The largest absolute Gasteiger partial charge is 0.395 e. The maximum atomic E-state index is 8.17. The van der Waals surface area contributed by atoms with Gasteiger partial charge in [0.1, 0.15) is 0 Å². The van der Waals surface area contributed by atoms with E-state index < -0.39 is 0 Å². The highest BCUT2D eigenvalue weighted by molar-refractivity contribution is 5.17. The Hall–Kier alpha value is -1.57. The van der Waals surface area contributed by atoms with Gasteiger partial charge < -0.3 is 9.73 Å². The fourth-order valence-electron chi connectivity index (χ4n) is 0.369. The lowest BCUT2D eigenvalue weighted by Crippen LogP contribution is -1.85. The lowest BCUT2D eigenvalue weighted by Gasteiger charge is -1.82. The van der Waals surface area contributed by atoms with Crippen LogP contribution in [-0.2, 0) is 0 Å². The van der Waals surface area contributed by atoms with Crippen LogP contribution in [0.15, 0.2) is 4.42 Å². The zero-order chi connectivity index (χ0) is 6.69. The molecule has 1 aromatic rings. The van der Waals surface area contributed by atoms with Crippen LogP contribution in [0.4, 0.5) is 6.01 Å². The average molecular weight is 124 g/mol. The first-order chi connectivity index (χ1) is 4.36. The third-order valence-electron chi connectivity index (χ3n) is 0.735. The van der Waals surface area contributed by atoms with E-state index >= 15 is 0 Å². The van der Waals surface area contributed by atoms with Crippen LogP contribution in [0.1, 0.15) is 5.89 Å². The van der Waals surface area contributed by atoms with Crippen LogP contribution in [-0.4, -0.2) is 17.2 Å². The van der Waals surface area contributed by atoms with Gasteiger partial charge in [-0.3, -0.25) is 0 Å². The molecule has 5 heteroatoms. The predicted octanol–water partition coefficient (Wildman–Crippen LogP) is -0.0170. The first-order valence-electron chi connectivity index (χ1n) is 2.28. The molecular formula is C4H4N4O.